The lowest BCUT2D eigenvalue weighted by molar-refractivity contribution is 1.17. The Balaban J connectivity index is 1.23. The predicted molar refractivity (Wildman–Crippen MR) is 196 cm³/mol. The molecule has 0 fully saturated rings. The average Bonchev–Trinajstić information content (AvgIpc) is 3.47. The van der Waals surface area contributed by atoms with Crippen molar-refractivity contribution >= 4 is 60.4 Å². The van der Waals surface area contributed by atoms with Crippen LogP contribution in [-0.4, -0.2) is 4.57 Å². The number of rotatable bonds is 5. The predicted octanol–water partition coefficient (Wildman–Crippen LogP) is 12.2. The first-order chi connectivity index (χ1) is 22.8. The van der Waals surface area contributed by atoms with Gasteiger partial charge < -0.3 is 9.47 Å². The number of anilines is 3. The van der Waals surface area contributed by atoms with Crippen molar-refractivity contribution in [1.29, 1.82) is 0 Å². The number of hydrogen-bond acceptors (Lipinski definition) is 1. The van der Waals surface area contributed by atoms with E-state index in [1.54, 1.807) is 0 Å². The van der Waals surface area contributed by atoms with Crippen LogP contribution < -0.4 is 4.90 Å². The van der Waals surface area contributed by atoms with Crippen LogP contribution >= 0.6 is 0 Å². The van der Waals surface area contributed by atoms with Gasteiger partial charge in [0, 0.05) is 33.5 Å². The van der Waals surface area contributed by atoms with Gasteiger partial charge >= 0.3 is 0 Å². The van der Waals surface area contributed by atoms with Gasteiger partial charge in [0.15, 0.2) is 0 Å². The second kappa shape index (κ2) is 10.8. The van der Waals surface area contributed by atoms with Gasteiger partial charge in [-0.05, 0) is 93.3 Å². The van der Waals surface area contributed by atoms with E-state index in [9.17, 15) is 0 Å². The summed E-state index contributed by atoms with van der Waals surface area (Å²) in [6, 6.07) is 65.7. The smallest absolute Gasteiger partial charge is 0.0541 e. The second-order valence-corrected chi connectivity index (χ2v) is 11.8. The van der Waals surface area contributed by atoms with Crippen molar-refractivity contribution in [2.75, 3.05) is 4.90 Å². The fraction of sp³-hybridized carbons (Fsp3) is 0. The first-order valence-corrected chi connectivity index (χ1v) is 15.8. The minimum Gasteiger partial charge on any atom is -0.310 e. The highest BCUT2D eigenvalue weighted by Gasteiger charge is 2.17. The molecule has 0 spiro atoms. The first-order valence-electron chi connectivity index (χ1n) is 15.8. The molecule has 8 aromatic carbocycles. The summed E-state index contributed by atoms with van der Waals surface area (Å²) in [5, 5.41) is 7.54. The molecule has 1 aromatic heterocycles. The summed E-state index contributed by atoms with van der Waals surface area (Å²) in [5.74, 6) is 0. The molecule has 0 atom stereocenters. The molecule has 2 nitrogen and oxygen atoms in total. The fourth-order valence-electron chi connectivity index (χ4n) is 6.98. The van der Waals surface area contributed by atoms with Crippen molar-refractivity contribution < 1.29 is 0 Å². The summed E-state index contributed by atoms with van der Waals surface area (Å²) < 4.78 is 2.37. The zero-order valence-electron chi connectivity index (χ0n) is 25.2. The van der Waals surface area contributed by atoms with Crippen LogP contribution in [0.1, 0.15) is 0 Å². The molecule has 0 aliphatic rings. The van der Waals surface area contributed by atoms with Crippen molar-refractivity contribution in [3.05, 3.63) is 182 Å². The summed E-state index contributed by atoms with van der Waals surface area (Å²) in [4.78, 5) is 2.38. The molecular formula is C44H30N2. The first kappa shape index (κ1) is 26.3. The third-order valence-corrected chi connectivity index (χ3v) is 9.15. The molecule has 46 heavy (non-hydrogen) atoms. The topological polar surface area (TPSA) is 8.17 Å². The van der Waals surface area contributed by atoms with Crippen LogP contribution in [0.25, 0.3) is 60.2 Å². The van der Waals surface area contributed by atoms with Crippen LogP contribution in [0.5, 0.6) is 0 Å². The average molecular weight is 587 g/mol. The maximum atomic E-state index is 2.38. The van der Waals surface area contributed by atoms with E-state index in [0.717, 1.165) is 22.7 Å². The summed E-state index contributed by atoms with van der Waals surface area (Å²) in [6.07, 6.45) is 0. The van der Waals surface area contributed by atoms with E-state index in [1.807, 2.05) is 0 Å². The van der Waals surface area contributed by atoms with E-state index in [0.29, 0.717) is 0 Å². The molecule has 9 aromatic rings. The lowest BCUT2D eigenvalue weighted by atomic mass is 10.0. The Bertz CT molecular complexity index is 2470. The van der Waals surface area contributed by atoms with Crippen LogP contribution in [0, 0.1) is 0 Å². The maximum absolute atomic E-state index is 2.38. The molecule has 9 rings (SSSR count). The molecule has 2 heteroatoms. The van der Waals surface area contributed by atoms with E-state index in [4.69, 9.17) is 0 Å². The van der Waals surface area contributed by atoms with E-state index in [-0.39, 0.29) is 0 Å². The molecule has 0 aliphatic heterocycles. The Labute approximate surface area is 268 Å². The van der Waals surface area contributed by atoms with E-state index in [1.165, 1.54) is 54.5 Å². The molecule has 0 radical (unpaired) electrons. The van der Waals surface area contributed by atoms with Gasteiger partial charge in [-0.25, -0.2) is 0 Å². The quantitative estimate of drug-likeness (QED) is 0.182. The van der Waals surface area contributed by atoms with Gasteiger partial charge in [-0.15, -0.1) is 0 Å². The lowest BCUT2D eigenvalue weighted by Gasteiger charge is -2.27. The molecule has 0 bridgehead atoms. The Hall–Kier alpha value is -6.12. The Morgan fingerprint density at radius 3 is 1.61 bits per heavy atom. The maximum Gasteiger partial charge on any atom is 0.0541 e. The van der Waals surface area contributed by atoms with Gasteiger partial charge in [-0.3, -0.25) is 0 Å². The van der Waals surface area contributed by atoms with Crippen LogP contribution in [-0.2, 0) is 0 Å². The molecule has 0 amide bonds. The standard InChI is InChI=1S/C44H30N2/c1-2-11-31(12-3-1)34-14-10-15-37(29-34)45(38-24-23-33-22-21-32-13-4-5-16-39(32)42(33)30-38)35-25-27-36(28-26-35)46-43-19-8-6-17-40(43)41-18-7-9-20-44(41)46/h1-30H. The van der Waals surface area contributed by atoms with Gasteiger partial charge in [0.1, 0.15) is 0 Å². The SMILES string of the molecule is c1ccc(-c2cccc(N(c3ccc(-n4c5ccccc5c5ccccc54)cc3)c3ccc4ccc5ccccc5c4c3)c2)cc1. The third kappa shape index (κ3) is 4.35. The highest BCUT2D eigenvalue weighted by molar-refractivity contribution is 6.10. The monoisotopic (exact) mass is 586 g/mol. The minimum absolute atomic E-state index is 1.11. The van der Waals surface area contributed by atoms with Crippen LogP contribution in [0.4, 0.5) is 17.1 Å². The van der Waals surface area contributed by atoms with Crippen molar-refractivity contribution in [3.63, 3.8) is 0 Å². The van der Waals surface area contributed by atoms with Crippen LogP contribution in [0.2, 0.25) is 0 Å². The van der Waals surface area contributed by atoms with E-state index >= 15 is 0 Å². The van der Waals surface area contributed by atoms with Crippen molar-refractivity contribution in [2.45, 2.75) is 0 Å². The highest BCUT2D eigenvalue weighted by Crippen LogP contribution is 2.40. The van der Waals surface area contributed by atoms with Crippen molar-refractivity contribution in [2.24, 2.45) is 0 Å². The Kier molecular flexibility index (Phi) is 6.17. The number of nitrogens with zero attached hydrogens (tertiary/aromatic N) is 2. The van der Waals surface area contributed by atoms with Gasteiger partial charge in [0.05, 0.1) is 11.0 Å². The van der Waals surface area contributed by atoms with Gasteiger partial charge in [0.25, 0.3) is 0 Å². The van der Waals surface area contributed by atoms with Gasteiger partial charge in [0.2, 0.25) is 0 Å². The number of para-hydroxylation sites is 2. The van der Waals surface area contributed by atoms with Crippen molar-refractivity contribution in [1.82, 2.24) is 4.57 Å². The second-order valence-electron chi connectivity index (χ2n) is 11.8. The molecule has 0 N–H and O–H groups in total. The molecule has 216 valence electrons. The molecular weight excluding hydrogens is 556 g/mol. The minimum atomic E-state index is 1.11. The fourth-order valence-corrected chi connectivity index (χ4v) is 6.98. The summed E-state index contributed by atoms with van der Waals surface area (Å²) in [7, 11) is 0. The van der Waals surface area contributed by atoms with Crippen LogP contribution in [0.15, 0.2) is 182 Å². The summed E-state index contributed by atoms with van der Waals surface area (Å²) in [6.45, 7) is 0. The number of benzene rings is 8. The van der Waals surface area contributed by atoms with Gasteiger partial charge in [-0.2, -0.15) is 0 Å². The Morgan fingerprint density at radius 2 is 0.870 bits per heavy atom. The van der Waals surface area contributed by atoms with E-state index in [2.05, 4.69) is 191 Å². The molecule has 0 aliphatic carbocycles. The number of fused-ring (bicyclic) bond motifs is 6. The molecule has 0 saturated heterocycles. The zero-order chi connectivity index (χ0) is 30.5. The van der Waals surface area contributed by atoms with E-state index < -0.39 is 0 Å². The Morgan fingerprint density at radius 1 is 0.326 bits per heavy atom. The zero-order valence-corrected chi connectivity index (χ0v) is 25.2. The van der Waals surface area contributed by atoms with Crippen molar-refractivity contribution in [3.8, 4) is 16.8 Å². The number of aromatic nitrogens is 1. The normalized spacial score (nSPS) is 11.5. The molecule has 1 heterocycles. The highest BCUT2D eigenvalue weighted by atomic mass is 15.1. The van der Waals surface area contributed by atoms with Gasteiger partial charge in [-0.1, -0.05) is 121 Å². The lowest BCUT2D eigenvalue weighted by Crippen LogP contribution is -2.10. The number of hydrogen-bond donors (Lipinski definition) is 0. The largest absolute Gasteiger partial charge is 0.310 e. The molecule has 0 saturated carbocycles. The van der Waals surface area contributed by atoms with Crippen LogP contribution in [0.3, 0.4) is 0 Å². The third-order valence-electron chi connectivity index (χ3n) is 9.15. The summed E-state index contributed by atoms with van der Waals surface area (Å²) >= 11 is 0. The molecule has 0 unspecified atom stereocenters. The summed E-state index contributed by atoms with van der Waals surface area (Å²) in [5.41, 5.74) is 9.31.